The number of ether oxygens (including phenoxy) is 1. The molecule has 1 aliphatic carbocycles. The van der Waals surface area contributed by atoms with Gasteiger partial charge in [0.25, 0.3) is 0 Å². The summed E-state index contributed by atoms with van der Waals surface area (Å²) in [6, 6.07) is 15.9. The minimum absolute atomic E-state index is 0.149. The van der Waals surface area contributed by atoms with E-state index in [1.807, 2.05) is 42.5 Å². The maximum atomic E-state index is 13.2. The molecule has 136 valence electrons. The number of hydrogen-bond donors (Lipinski definition) is 1. The van der Waals surface area contributed by atoms with Gasteiger partial charge in [-0.1, -0.05) is 54.8 Å². The zero-order valence-corrected chi connectivity index (χ0v) is 15.6. The topological polar surface area (TPSA) is 38.3 Å². The van der Waals surface area contributed by atoms with Crippen molar-refractivity contribution in [3.63, 3.8) is 0 Å². The number of fused-ring (bicyclic) bond motifs is 1. The molecule has 0 saturated heterocycles. The molecule has 4 heteroatoms. The van der Waals surface area contributed by atoms with Crippen LogP contribution < -0.4 is 10.1 Å². The minimum Gasteiger partial charge on any atom is -0.493 e. The van der Waals surface area contributed by atoms with E-state index in [-0.39, 0.29) is 5.91 Å². The Kier molecular flexibility index (Phi) is 4.90. The minimum atomic E-state index is -0.405. The van der Waals surface area contributed by atoms with Crippen LogP contribution in [-0.4, -0.2) is 19.1 Å². The molecular formula is C22H24ClNO2. The van der Waals surface area contributed by atoms with Crippen molar-refractivity contribution in [3.05, 3.63) is 64.7 Å². The second kappa shape index (κ2) is 7.32. The normalized spacial score (nSPS) is 20.9. The average Bonchev–Trinajstić information content (AvgIpc) is 3.17. The van der Waals surface area contributed by atoms with Crippen molar-refractivity contribution in [3.8, 4) is 5.75 Å². The lowest BCUT2D eigenvalue weighted by molar-refractivity contribution is -0.126. The van der Waals surface area contributed by atoms with Crippen LogP contribution in [-0.2, 0) is 16.6 Å². The third kappa shape index (κ3) is 3.33. The quantitative estimate of drug-likeness (QED) is 0.860. The van der Waals surface area contributed by atoms with Gasteiger partial charge in [-0.15, -0.1) is 0 Å². The maximum Gasteiger partial charge on any atom is 0.230 e. The number of carbonyl (C=O) groups is 1. The molecule has 1 aliphatic heterocycles. The van der Waals surface area contributed by atoms with Crippen LogP contribution in [0, 0.1) is 5.92 Å². The predicted octanol–water partition coefficient (Wildman–Crippen LogP) is 4.52. The van der Waals surface area contributed by atoms with Crippen LogP contribution in [0.25, 0.3) is 0 Å². The SMILES string of the molecule is O=C(NCC1COc2ccccc2C1)C1(c2ccc(Cl)cc2)CCCC1. The largest absolute Gasteiger partial charge is 0.493 e. The smallest absolute Gasteiger partial charge is 0.230 e. The molecule has 1 atom stereocenters. The van der Waals surface area contributed by atoms with Crippen LogP contribution in [0.2, 0.25) is 5.02 Å². The molecule has 0 radical (unpaired) electrons. The fraction of sp³-hybridized carbons (Fsp3) is 0.409. The molecular weight excluding hydrogens is 346 g/mol. The van der Waals surface area contributed by atoms with Crippen LogP contribution in [0.1, 0.15) is 36.8 Å². The van der Waals surface area contributed by atoms with Crippen LogP contribution in [0.15, 0.2) is 48.5 Å². The molecule has 2 aromatic rings. The number of nitrogens with one attached hydrogen (secondary N) is 1. The Morgan fingerprint density at radius 3 is 2.62 bits per heavy atom. The number of carbonyl (C=O) groups excluding carboxylic acids is 1. The first-order valence-corrected chi connectivity index (χ1v) is 9.80. The van der Waals surface area contributed by atoms with Gasteiger partial charge in [0, 0.05) is 17.5 Å². The van der Waals surface area contributed by atoms with Gasteiger partial charge >= 0.3 is 0 Å². The summed E-state index contributed by atoms with van der Waals surface area (Å²) in [6.45, 7) is 1.31. The second-order valence-electron chi connectivity index (χ2n) is 7.50. The van der Waals surface area contributed by atoms with Crippen molar-refractivity contribution in [2.45, 2.75) is 37.5 Å². The van der Waals surface area contributed by atoms with Crippen LogP contribution in [0.4, 0.5) is 0 Å². The van der Waals surface area contributed by atoms with E-state index in [0.29, 0.717) is 24.1 Å². The maximum absolute atomic E-state index is 13.2. The van der Waals surface area contributed by atoms with Crippen molar-refractivity contribution < 1.29 is 9.53 Å². The molecule has 0 bridgehead atoms. The molecule has 2 aliphatic rings. The molecule has 2 aromatic carbocycles. The summed E-state index contributed by atoms with van der Waals surface area (Å²) in [5.41, 5.74) is 1.91. The molecule has 0 aromatic heterocycles. The Labute approximate surface area is 159 Å². The highest BCUT2D eigenvalue weighted by Gasteiger charge is 2.42. The lowest BCUT2D eigenvalue weighted by atomic mass is 9.78. The Bertz CT molecular complexity index is 781. The van der Waals surface area contributed by atoms with E-state index in [1.165, 1.54) is 5.56 Å². The van der Waals surface area contributed by atoms with E-state index in [2.05, 4.69) is 11.4 Å². The summed E-state index contributed by atoms with van der Waals surface area (Å²) in [6.07, 6.45) is 4.95. The Balaban J connectivity index is 1.44. The highest BCUT2D eigenvalue weighted by Crippen LogP contribution is 2.41. The first-order chi connectivity index (χ1) is 12.7. The Morgan fingerprint density at radius 2 is 1.85 bits per heavy atom. The first-order valence-electron chi connectivity index (χ1n) is 9.42. The molecule has 1 unspecified atom stereocenters. The summed E-state index contributed by atoms with van der Waals surface area (Å²) < 4.78 is 5.85. The van der Waals surface area contributed by atoms with E-state index < -0.39 is 5.41 Å². The molecule has 1 saturated carbocycles. The van der Waals surface area contributed by atoms with Crippen LogP contribution >= 0.6 is 11.6 Å². The predicted molar refractivity (Wildman–Crippen MR) is 104 cm³/mol. The molecule has 0 spiro atoms. The van der Waals surface area contributed by atoms with Gasteiger partial charge < -0.3 is 10.1 Å². The molecule has 1 amide bonds. The first kappa shape index (κ1) is 17.4. The summed E-state index contributed by atoms with van der Waals surface area (Å²) in [7, 11) is 0. The van der Waals surface area contributed by atoms with Crippen molar-refractivity contribution in [1.29, 1.82) is 0 Å². The van der Waals surface area contributed by atoms with Gasteiger partial charge in [-0.3, -0.25) is 4.79 Å². The average molecular weight is 370 g/mol. The number of hydrogen-bond acceptors (Lipinski definition) is 2. The standard InChI is InChI=1S/C22H24ClNO2/c23-19-9-7-18(8-10-19)22(11-3-4-12-22)21(25)24-14-16-13-17-5-1-2-6-20(17)26-15-16/h1-2,5-10,16H,3-4,11-15H2,(H,24,25). The number of amides is 1. The van der Waals surface area contributed by atoms with E-state index in [4.69, 9.17) is 16.3 Å². The number of benzene rings is 2. The van der Waals surface area contributed by atoms with Gasteiger partial charge in [0.15, 0.2) is 0 Å². The van der Waals surface area contributed by atoms with Gasteiger partial charge in [0.1, 0.15) is 5.75 Å². The number of para-hydroxylation sites is 1. The molecule has 1 N–H and O–H groups in total. The highest BCUT2D eigenvalue weighted by molar-refractivity contribution is 6.30. The van der Waals surface area contributed by atoms with Gasteiger partial charge in [0.05, 0.1) is 12.0 Å². The third-order valence-electron chi connectivity index (χ3n) is 5.80. The Hall–Kier alpha value is -2.00. The summed E-state index contributed by atoms with van der Waals surface area (Å²) in [5.74, 6) is 1.44. The molecule has 1 fully saturated rings. The lowest BCUT2D eigenvalue weighted by Crippen LogP contribution is -2.45. The fourth-order valence-electron chi connectivity index (χ4n) is 4.32. The van der Waals surface area contributed by atoms with Crippen molar-refractivity contribution in [2.24, 2.45) is 5.92 Å². The molecule has 3 nitrogen and oxygen atoms in total. The van der Waals surface area contributed by atoms with Gasteiger partial charge in [0.2, 0.25) is 5.91 Å². The molecule has 26 heavy (non-hydrogen) atoms. The zero-order chi connectivity index (χ0) is 18.0. The van der Waals surface area contributed by atoms with Crippen molar-refractivity contribution in [1.82, 2.24) is 5.32 Å². The van der Waals surface area contributed by atoms with E-state index in [9.17, 15) is 4.79 Å². The van der Waals surface area contributed by atoms with Crippen LogP contribution in [0.5, 0.6) is 5.75 Å². The number of rotatable bonds is 4. The summed E-state index contributed by atoms with van der Waals surface area (Å²) in [5, 5.41) is 3.94. The van der Waals surface area contributed by atoms with E-state index in [1.54, 1.807) is 0 Å². The van der Waals surface area contributed by atoms with E-state index in [0.717, 1.165) is 43.4 Å². The van der Waals surface area contributed by atoms with Gasteiger partial charge in [-0.05, 0) is 48.6 Å². The van der Waals surface area contributed by atoms with E-state index >= 15 is 0 Å². The summed E-state index contributed by atoms with van der Waals surface area (Å²) >= 11 is 6.03. The van der Waals surface area contributed by atoms with Crippen molar-refractivity contribution in [2.75, 3.05) is 13.2 Å². The number of halogens is 1. The van der Waals surface area contributed by atoms with Crippen LogP contribution in [0.3, 0.4) is 0 Å². The zero-order valence-electron chi connectivity index (χ0n) is 14.8. The van der Waals surface area contributed by atoms with Gasteiger partial charge in [-0.25, -0.2) is 0 Å². The summed E-state index contributed by atoms with van der Waals surface area (Å²) in [4.78, 5) is 13.2. The highest BCUT2D eigenvalue weighted by atomic mass is 35.5. The molecule has 1 heterocycles. The van der Waals surface area contributed by atoms with Gasteiger partial charge in [-0.2, -0.15) is 0 Å². The second-order valence-corrected chi connectivity index (χ2v) is 7.93. The Morgan fingerprint density at radius 1 is 1.12 bits per heavy atom. The monoisotopic (exact) mass is 369 g/mol. The third-order valence-corrected chi connectivity index (χ3v) is 6.05. The molecule has 4 rings (SSSR count). The lowest BCUT2D eigenvalue weighted by Gasteiger charge is -2.30. The fourth-order valence-corrected chi connectivity index (χ4v) is 4.45. The van der Waals surface area contributed by atoms with Crippen molar-refractivity contribution >= 4 is 17.5 Å².